The van der Waals surface area contributed by atoms with Gasteiger partial charge in [-0.2, -0.15) is 0 Å². The van der Waals surface area contributed by atoms with Crippen molar-refractivity contribution in [1.29, 1.82) is 0 Å². The number of nitrogens with zero attached hydrogens (tertiary/aromatic N) is 1. The van der Waals surface area contributed by atoms with E-state index < -0.39 is 4.92 Å². The van der Waals surface area contributed by atoms with E-state index in [0.29, 0.717) is 22.3 Å². The van der Waals surface area contributed by atoms with Crippen LogP contribution in [-0.2, 0) is 10.8 Å². The van der Waals surface area contributed by atoms with Crippen molar-refractivity contribution >= 4 is 11.5 Å². The van der Waals surface area contributed by atoms with Crippen LogP contribution in [0, 0.1) is 10.1 Å². The lowest BCUT2D eigenvalue weighted by atomic mass is 9.77. The summed E-state index contributed by atoms with van der Waals surface area (Å²) in [4.78, 5) is 23.2. The summed E-state index contributed by atoms with van der Waals surface area (Å²) in [5.74, 6) is -0.0128. The number of aromatic hydroxyl groups is 1. The molecule has 138 valence electrons. The molecule has 0 heterocycles. The first kappa shape index (κ1) is 19.6. The molecule has 0 atom stereocenters. The van der Waals surface area contributed by atoms with Gasteiger partial charge in [0.1, 0.15) is 5.75 Å². The molecule has 0 unspecified atom stereocenters. The van der Waals surface area contributed by atoms with Crippen LogP contribution in [-0.4, -0.2) is 15.8 Å². The smallest absolute Gasteiger partial charge is 0.269 e. The molecule has 2 aromatic rings. The van der Waals surface area contributed by atoms with E-state index in [1.807, 2.05) is 41.5 Å². The van der Waals surface area contributed by atoms with Gasteiger partial charge in [0.05, 0.1) is 4.92 Å². The predicted octanol–water partition coefficient (Wildman–Crippen LogP) is 5.13. The molecular formula is C21H25NO4. The number of carbonyl (C=O) groups is 1. The lowest BCUT2D eigenvalue weighted by Crippen LogP contribution is -2.19. The molecule has 0 spiro atoms. The lowest BCUT2D eigenvalue weighted by molar-refractivity contribution is -0.384. The molecule has 2 rings (SSSR count). The van der Waals surface area contributed by atoms with Gasteiger partial charge in [-0.05, 0) is 35.1 Å². The largest absolute Gasteiger partial charge is 0.507 e. The van der Waals surface area contributed by atoms with Gasteiger partial charge in [0.15, 0.2) is 5.78 Å². The monoisotopic (exact) mass is 355 g/mol. The number of benzene rings is 2. The Labute approximate surface area is 153 Å². The zero-order valence-electron chi connectivity index (χ0n) is 16.1. The Kier molecular flexibility index (Phi) is 4.95. The maximum absolute atomic E-state index is 12.9. The SMILES string of the molecule is CC(C)(C)c1cc(C(=O)c2ccc([N+](=O)[O-])cc2)cc(C(C)(C)C)c1O. The standard InChI is InChI=1S/C21H25NO4/c1-20(2,3)16-11-14(12-17(19(16)24)21(4,5)6)18(23)13-7-9-15(10-8-13)22(25)26/h7-12,24H,1-6H3. The summed E-state index contributed by atoms with van der Waals surface area (Å²) >= 11 is 0. The van der Waals surface area contributed by atoms with Gasteiger partial charge in [0.25, 0.3) is 5.69 Å². The predicted molar refractivity (Wildman–Crippen MR) is 102 cm³/mol. The molecular weight excluding hydrogens is 330 g/mol. The number of carbonyl (C=O) groups excluding carboxylic acids is 1. The minimum Gasteiger partial charge on any atom is -0.507 e. The summed E-state index contributed by atoms with van der Waals surface area (Å²) in [6.07, 6.45) is 0. The number of ketones is 1. The Balaban J connectivity index is 2.61. The highest BCUT2D eigenvalue weighted by atomic mass is 16.6. The van der Waals surface area contributed by atoms with Crippen LogP contribution in [0.2, 0.25) is 0 Å². The number of phenols is 1. The summed E-state index contributed by atoms with van der Waals surface area (Å²) in [6, 6.07) is 9.00. The number of nitro groups is 1. The quantitative estimate of drug-likeness (QED) is 0.470. The molecule has 0 aliphatic heterocycles. The summed E-state index contributed by atoms with van der Waals surface area (Å²) in [5.41, 5.74) is 1.52. The van der Waals surface area contributed by atoms with E-state index in [4.69, 9.17) is 0 Å². The van der Waals surface area contributed by atoms with Crippen LogP contribution < -0.4 is 0 Å². The zero-order valence-corrected chi connectivity index (χ0v) is 16.1. The fourth-order valence-electron chi connectivity index (χ4n) is 2.81. The van der Waals surface area contributed by atoms with E-state index in [9.17, 15) is 20.0 Å². The third-order valence-corrected chi connectivity index (χ3v) is 4.33. The van der Waals surface area contributed by atoms with Gasteiger partial charge in [-0.1, -0.05) is 41.5 Å². The molecule has 5 heteroatoms. The maximum Gasteiger partial charge on any atom is 0.269 e. The third-order valence-electron chi connectivity index (χ3n) is 4.33. The van der Waals surface area contributed by atoms with Gasteiger partial charge < -0.3 is 5.11 Å². The van der Waals surface area contributed by atoms with E-state index in [1.54, 1.807) is 12.1 Å². The van der Waals surface area contributed by atoms with Crippen molar-refractivity contribution in [1.82, 2.24) is 0 Å². The first-order chi connectivity index (χ1) is 11.8. The molecule has 2 aromatic carbocycles. The van der Waals surface area contributed by atoms with E-state index in [1.165, 1.54) is 24.3 Å². The minimum atomic E-state index is -0.496. The summed E-state index contributed by atoms with van der Waals surface area (Å²) in [7, 11) is 0. The number of non-ortho nitro benzene ring substituents is 1. The van der Waals surface area contributed by atoms with Crippen molar-refractivity contribution in [3.63, 3.8) is 0 Å². The van der Waals surface area contributed by atoms with Crippen LogP contribution in [0.1, 0.15) is 68.6 Å². The average molecular weight is 355 g/mol. The van der Waals surface area contributed by atoms with Gasteiger partial charge >= 0.3 is 0 Å². The van der Waals surface area contributed by atoms with Crippen molar-refractivity contribution in [3.8, 4) is 5.75 Å². The van der Waals surface area contributed by atoms with E-state index in [2.05, 4.69) is 0 Å². The maximum atomic E-state index is 12.9. The van der Waals surface area contributed by atoms with Crippen LogP contribution >= 0.6 is 0 Å². The molecule has 0 radical (unpaired) electrons. The Hall–Kier alpha value is -2.69. The van der Waals surface area contributed by atoms with Gasteiger partial charge in [-0.15, -0.1) is 0 Å². The highest BCUT2D eigenvalue weighted by Crippen LogP contribution is 2.40. The summed E-state index contributed by atoms with van der Waals surface area (Å²) in [5, 5.41) is 21.5. The van der Waals surface area contributed by atoms with Crippen molar-refractivity contribution < 1.29 is 14.8 Å². The van der Waals surface area contributed by atoms with Crippen LogP contribution in [0.15, 0.2) is 36.4 Å². The second-order valence-corrected chi connectivity index (χ2v) is 8.55. The molecule has 26 heavy (non-hydrogen) atoms. The molecule has 0 bridgehead atoms. The second kappa shape index (κ2) is 6.56. The first-order valence-corrected chi connectivity index (χ1v) is 8.49. The Morgan fingerprint density at radius 2 is 1.31 bits per heavy atom. The lowest BCUT2D eigenvalue weighted by Gasteiger charge is -2.28. The molecule has 1 N–H and O–H groups in total. The fraction of sp³-hybridized carbons (Fsp3) is 0.381. The van der Waals surface area contributed by atoms with Gasteiger partial charge in [0, 0.05) is 34.4 Å². The van der Waals surface area contributed by atoms with E-state index >= 15 is 0 Å². The van der Waals surface area contributed by atoms with Crippen LogP contribution in [0.5, 0.6) is 5.75 Å². The molecule has 0 amide bonds. The number of nitro benzene ring substituents is 1. The number of rotatable bonds is 3. The fourth-order valence-corrected chi connectivity index (χ4v) is 2.81. The molecule has 0 aliphatic rings. The normalized spacial score (nSPS) is 12.1. The Bertz CT molecular complexity index is 818. The van der Waals surface area contributed by atoms with Crippen molar-refractivity contribution in [3.05, 3.63) is 68.8 Å². The van der Waals surface area contributed by atoms with Gasteiger partial charge in [0.2, 0.25) is 0 Å². The highest BCUT2D eigenvalue weighted by Gasteiger charge is 2.28. The van der Waals surface area contributed by atoms with E-state index in [0.717, 1.165) is 0 Å². The summed E-state index contributed by atoms with van der Waals surface area (Å²) in [6.45, 7) is 11.9. The van der Waals surface area contributed by atoms with Crippen molar-refractivity contribution in [2.75, 3.05) is 0 Å². The molecule has 5 nitrogen and oxygen atoms in total. The second-order valence-electron chi connectivity index (χ2n) is 8.55. The van der Waals surface area contributed by atoms with Crippen molar-refractivity contribution in [2.24, 2.45) is 0 Å². The van der Waals surface area contributed by atoms with E-state index in [-0.39, 0.29) is 28.1 Å². The average Bonchev–Trinajstić information content (AvgIpc) is 2.52. The van der Waals surface area contributed by atoms with Crippen LogP contribution in [0.25, 0.3) is 0 Å². The number of hydrogen-bond donors (Lipinski definition) is 1. The van der Waals surface area contributed by atoms with Gasteiger partial charge in [-0.3, -0.25) is 14.9 Å². The summed E-state index contributed by atoms with van der Waals surface area (Å²) < 4.78 is 0. The molecule has 0 aromatic heterocycles. The molecule has 0 aliphatic carbocycles. The molecule has 0 saturated heterocycles. The number of phenolic OH excluding ortho intramolecular Hbond substituents is 1. The zero-order chi connectivity index (χ0) is 19.9. The third kappa shape index (κ3) is 3.93. The van der Waals surface area contributed by atoms with Crippen LogP contribution in [0.4, 0.5) is 5.69 Å². The molecule has 0 saturated carbocycles. The van der Waals surface area contributed by atoms with Gasteiger partial charge in [-0.25, -0.2) is 0 Å². The topological polar surface area (TPSA) is 80.4 Å². The highest BCUT2D eigenvalue weighted by molar-refractivity contribution is 6.09. The molecule has 0 fully saturated rings. The minimum absolute atomic E-state index is 0.0574. The Morgan fingerprint density at radius 1 is 0.885 bits per heavy atom. The van der Waals surface area contributed by atoms with Crippen LogP contribution in [0.3, 0.4) is 0 Å². The number of hydrogen-bond acceptors (Lipinski definition) is 4. The Morgan fingerprint density at radius 3 is 1.65 bits per heavy atom. The van der Waals surface area contributed by atoms with Crippen molar-refractivity contribution in [2.45, 2.75) is 52.4 Å². The first-order valence-electron chi connectivity index (χ1n) is 8.49.